The monoisotopic (exact) mass is 798 g/mol. The first kappa shape index (κ1) is 35.9. The Morgan fingerprint density at radius 1 is 0.175 bits per heavy atom. The number of fused-ring (bicyclic) bond motifs is 12. The van der Waals surface area contributed by atoms with E-state index in [1.165, 1.54) is 100 Å². The second kappa shape index (κ2) is 13.6. The Balaban J connectivity index is 1.39. The van der Waals surface area contributed by atoms with Gasteiger partial charge in [-0.1, -0.05) is 255 Å². The van der Waals surface area contributed by atoms with Gasteiger partial charge in [-0.15, -0.1) is 0 Å². The largest absolute Gasteiger partial charge is 0.0719 e. The van der Waals surface area contributed by atoms with Crippen LogP contribution in [0.1, 0.15) is 66.8 Å². The summed E-state index contributed by atoms with van der Waals surface area (Å²) in [5.41, 5.74) is 21.5. The van der Waals surface area contributed by atoms with E-state index < -0.39 is 16.2 Å². The molecule has 13 rings (SSSR count). The molecular weight excluding hydrogens is 757 g/mol. The van der Waals surface area contributed by atoms with Crippen LogP contribution >= 0.6 is 0 Å². The predicted molar refractivity (Wildman–Crippen MR) is 258 cm³/mol. The maximum atomic E-state index is 2.43. The van der Waals surface area contributed by atoms with Crippen molar-refractivity contribution in [2.24, 2.45) is 0 Å². The van der Waals surface area contributed by atoms with Crippen molar-refractivity contribution in [3.8, 4) is 33.4 Å². The fourth-order valence-electron chi connectivity index (χ4n) is 12.6. The van der Waals surface area contributed by atoms with Crippen LogP contribution in [0.5, 0.6) is 0 Å². The zero-order valence-corrected chi connectivity index (χ0v) is 34.7. The summed E-state index contributed by atoms with van der Waals surface area (Å²) in [5.74, 6) is 0. The summed E-state index contributed by atoms with van der Waals surface area (Å²) < 4.78 is 0. The third-order valence-corrected chi connectivity index (χ3v) is 14.7. The van der Waals surface area contributed by atoms with E-state index in [1.54, 1.807) is 0 Å². The van der Waals surface area contributed by atoms with Crippen molar-refractivity contribution in [3.05, 3.63) is 322 Å². The van der Waals surface area contributed by atoms with E-state index in [0.717, 1.165) is 0 Å². The molecule has 0 saturated carbocycles. The zero-order valence-electron chi connectivity index (χ0n) is 34.7. The van der Waals surface area contributed by atoms with E-state index in [0.29, 0.717) is 0 Å². The van der Waals surface area contributed by atoms with Crippen molar-refractivity contribution in [3.63, 3.8) is 0 Å². The predicted octanol–water partition coefficient (Wildman–Crippen LogP) is 14.8. The van der Waals surface area contributed by atoms with Gasteiger partial charge in [0, 0.05) is 0 Å². The van der Waals surface area contributed by atoms with E-state index in [4.69, 9.17) is 0 Å². The average Bonchev–Trinajstić information content (AvgIpc) is 3.97. The molecule has 0 unspecified atom stereocenters. The quantitative estimate of drug-likeness (QED) is 0.157. The van der Waals surface area contributed by atoms with Crippen LogP contribution in [-0.2, 0) is 16.2 Å². The molecule has 0 aliphatic heterocycles. The molecule has 0 atom stereocenters. The molecule has 0 aromatic heterocycles. The Morgan fingerprint density at radius 2 is 0.381 bits per heavy atom. The van der Waals surface area contributed by atoms with Crippen molar-refractivity contribution in [2.75, 3.05) is 0 Å². The summed E-state index contributed by atoms with van der Waals surface area (Å²) in [6.45, 7) is 0. The first-order valence-electron chi connectivity index (χ1n) is 22.2. The summed E-state index contributed by atoms with van der Waals surface area (Å²) in [5, 5.41) is 0. The molecule has 0 saturated heterocycles. The Hall–Kier alpha value is -7.80. The van der Waals surface area contributed by atoms with Crippen molar-refractivity contribution in [1.29, 1.82) is 0 Å². The van der Waals surface area contributed by atoms with Crippen LogP contribution in [0.3, 0.4) is 0 Å². The Kier molecular flexibility index (Phi) is 7.75. The number of hydrogen-bond donors (Lipinski definition) is 0. The summed E-state index contributed by atoms with van der Waals surface area (Å²) in [6, 6.07) is 96.3. The molecular formula is C63H42. The standard InChI is InChI=1S/C63H42/c1-7-25-43(26-8-1)61(44-27-9-2-10-28-44)52-40-22-19-37-49(52)55-56-50-38-20-23-41-53(50)62(45-29-11-3-12-30-45,46-31-13-4-14-32-46)59(56)60-57(58(55)61)51-39-21-24-42-54(51)63(60,47-33-15-5-16-34-47)48-35-17-6-18-36-48/h1-42H. The van der Waals surface area contributed by atoms with Crippen molar-refractivity contribution >= 4 is 0 Å². The van der Waals surface area contributed by atoms with Crippen molar-refractivity contribution in [1.82, 2.24) is 0 Å². The van der Waals surface area contributed by atoms with Gasteiger partial charge in [-0.05, 0) is 100 Å². The normalized spacial score (nSPS) is 15.0. The van der Waals surface area contributed by atoms with E-state index in [1.807, 2.05) is 0 Å². The molecule has 0 radical (unpaired) electrons. The lowest BCUT2D eigenvalue weighted by molar-refractivity contribution is 0.701. The highest BCUT2D eigenvalue weighted by Gasteiger charge is 2.61. The van der Waals surface area contributed by atoms with Crippen LogP contribution in [0.2, 0.25) is 0 Å². The molecule has 0 heterocycles. The molecule has 0 nitrogen and oxygen atoms in total. The molecule has 0 fully saturated rings. The average molecular weight is 799 g/mol. The van der Waals surface area contributed by atoms with E-state index in [-0.39, 0.29) is 0 Å². The van der Waals surface area contributed by atoms with Gasteiger partial charge in [0.05, 0.1) is 16.2 Å². The minimum atomic E-state index is -0.696. The maximum Gasteiger partial charge on any atom is 0.0719 e. The zero-order chi connectivity index (χ0) is 41.6. The summed E-state index contributed by atoms with van der Waals surface area (Å²) in [6.07, 6.45) is 0. The van der Waals surface area contributed by atoms with Gasteiger partial charge in [-0.3, -0.25) is 0 Å². The first-order valence-corrected chi connectivity index (χ1v) is 22.2. The summed E-state index contributed by atoms with van der Waals surface area (Å²) in [4.78, 5) is 0. The van der Waals surface area contributed by atoms with Crippen molar-refractivity contribution < 1.29 is 0 Å². The second-order valence-corrected chi connectivity index (χ2v) is 17.3. The fourth-order valence-corrected chi connectivity index (χ4v) is 12.6. The molecule has 3 aliphatic rings. The van der Waals surface area contributed by atoms with Crippen molar-refractivity contribution in [2.45, 2.75) is 16.2 Å². The van der Waals surface area contributed by atoms with Gasteiger partial charge in [0.25, 0.3) is 0 Å². The summed E-state index contributed by atoms with van der Waals surface area (Å²) in [7, 11) is 0. The van der Waals surface area contributed by atoms with Gasteiger partial charge in [-0.2, -0.15) is 0 Å². The van der Waals surface area contributed by atoms with Gasteiger partial charge in [0.15, 0.2) is 0 Å². The minimum Gasteiger partial charge on any atom is -0.0622 e. The SMILES string of the molecule is c1ccc(C2(c3ccccc3)c3ccccc3-c3c4c(c5c(c32)-c2ccccc2C5(c2ccccc2)c2ccccc2)C(c2ccccc2)(c2ccccc2)c2ccccc2-4)cc1. The maximum absolute atomic E-state index is 2.43. The fraction of sp³-hybridized carbons (Fsp3) is 0.0476. The lowest BCUT2D eigenvalue weighted by Crippen LogP contribution is -2.36. The van der Waals surface area contributed by atoms with E-state index in [2.05, 4.69) is 255 Å². The van der Waals surface area contributed by atoms with Crippen LogP contribution in [0.4, 0.5) is 0 Å². The van der Waals surface area contributed by atoms with Crippen LogP contribution in [0.15, 0.2) is 255 Å². The van der Waals surface area contributed by atoms with Gasteiger partial charge in [-0.25, -0.2) is 0 Å². The van der Waals surface area contributed by atoms with E-state index in [9.17, 15) is 0 Å². The van der Waals surface area contributed by atoms with Crippen LogP contribution in [-0.4, -0.2) is 0 Å². The lowest BCUT2D eigenvalue weighted by atomic mass is 9.59. The van der Waals surface area contributed by atoms with Gasteiger partial charge in [0.2, 0.25) is 0 Å². The Bertz CT molecular complexity index is 3230. The molecule has 294 valence electrons. The van der Waals surface area contributed by atoms with Gasteiger partial charge >= 0.3 is 0 Å². The molecule has 10 aromatic carbocycles. The summed E-state index contributed by atoms with van der Waals surface area (Å²) >= 11 is 0. The third-order valence-electron chi connectivity index (χ3n) is 14.7. The lowest BCUT2D eigenvalue weighted by Gasteiger charge is -2.42. The van der Waals surface area contributed by atoms with Gasteiger partial charge in [0.1, 0.15) is 0 Å². The van der Waals surface area contributed by atoms with Crippen LogP contribution < -0.4 is 0 Å². The Labute approximate surface area is 369 Å². The smallest absolute Gasteiger partial charge is 0.0622 e. The third kappa shape index (κ3) is 4.50. The van der Waals surface area contributed by atoms with Crippen LogP contribution in [0, 0.1) is 0 Å². The molecule has 63 heavy (non-hydrogen) atoms. The Morgan fingerprint density at radius 3 is 0.683 bits per heavy atom. The molecule has 0 heteroatoms. The number of rotatable bonds is 6. The highest BCUT2D eigenvalue weighted by molar-refractivity contribution is 6.09. The second-order valence-electron chi connectivity index (χ2n) is 17.3. The highest BCUT2D eigenvalue weighted by Crippen LogP contribution is 2.72. The topological polar surface area (TPSA) is 0 Å². The van der Waals surface area contributed by atoms with Gasteiger partial charge < -0.3 is 0 Å². The van der Waals surface area contributed by atoms with Crippen LogP contribution in [0.25, 0.3) is 33.4 Å². The molecule has 10 aromatic rings. The minimum absolute atomic E-state index is 0.649. The first-order chi connectivity index (χ1) is 31.3. The molecule has 0 amide bonds. The molecule has 0 N–H and O–H groups in total. The number of benzene rings is 10. The molecule has 0 bridgehead atoms. The van der Waals surface area contributed by atoms with E-state index >= 15 is 0 Å². The number of hydrogen-bond acceptors (Lipinski definition) is 0. The highest BCUT2D eigenvalue weighted by atomic mass is 14.6. The molecule has 3 aliphatic carbocycles. The molecule has 0 spiro atoms.